The molecule has 0 bridgehead atoms. The van der Waals surface area contributed by atoms with Crippen LogP contribution in [-0.4, -0.2) is 11.8 Å². The van der Waals surface area contributed by atoms with Gasteiger partial charge in [-0.3, -0.25) is 9.59 Å². The molecule has 0 aliphatic rings. The average Bonchev–Trinajstić information content (AvgIpc) is 2.40. The Bertz CT molecular complexity index is 710. The van der Waals surface area contributed by atoms with Crippen molar-refractivity contribution in [2.24, 2.45) is 11.5 Å². The highest BCUT2D eigenvalue weighted by Gasteiger charge is 2.19. The fourth-order valence-electron chi connectivity index (χ4n) is 2.07. The Labute approximate surface area is 115 Å². The number of hydrogen-bond acceptors (Lipinski definition) is 4. The van der Waals surface area contributed by atoms with Gasteiger partial charge in [-0.15, -0.1) is 0 Å². The predicted molar refractivity (Wildman–Crippen MR) is 77.7 cm³/mol. The lowest BCUT2D eigenvalue weighted by Gasteiger charge is -2.13. The van der Waals surface area contributed by atoms with Gasteiger partial charge in [-0.2, -0.15) is 0 Å². The van der Waals surface area contributed by atoms with Gasteiger partial charge in [0, 0.05) is 5.56 Å². The first-order valence-corrected chi connectivity index (χ1v) is 5.80. The molecular weight excluding hydrogens is 256 g/mol. The molecule has 6 heteroatoms. The number of rotatable bonds is 3. The van der Waals surface area contributed by atoms with Crippen molar-refractivity contribution in [3.63, 3.8) is 0 Å². The molecule has 0 aliphatic carbocycles. The van der Waals surface area contributed by atoms with Crippen LogP contribution in [0.25, 0.3) is 11.1 Å². The molecule has 0 saturated heterocycles. The minimum Gasteiger partial charge on any atom is -0.397 e. The van der Waals surface area contributed by atoms with Crippen LogP contribution in [0.5, 0.6) is 0 Å². The first kappa shape index (κ1) is 13.4. The summed E-state index contributed by atoms with van der Waals surface area (Å²) < 4.78 is 0. The molecule has 2 rings (SSSR count). The predicted octanol–water partition coefficient (Wildman–Crippen LogP) is 0.716. The second-order valence-electron chi connectivity index (χ2n) is 4.27. The smallest absolute Gasteiger partial charge is 0.250 e. The Morgan fingerprint density at radius 3 is 2.00 bits per heavy atom. The second kappa shape index (κ2) is 4.93. The fourth-order valence-corrected chi connectivity index (χ4v) is 2.07. The summed E-state index contributed by atoms with van der Waals surface area (Å²) in [5.41, 5.74) is 24.0. The Kier molecular flexibility index (Phi) is 3.30. The maximum absolute atomic E-state index is 11.7. The van der Waals surface area contributed by atoms with Crippen LogP contribution in [0, 0.1) is 0 Å². The van der Waals surface area contributed by atoms with Crippen molar-refractivity contribution in [3.05, 3.63) is 47.5 Å². The molecule has 0 atom stereocenters. The Morgan fingerprint density at radius 2 is 1.40 bits per heavy atom. The van der Waals surface area contributed by atoms with Gasteiger partial charge in [-0.05, 0) is 17.7 Å². The highest BCUT2D eigenvalue weighted by atomic mass is 16.2. The summed E-state index contributed by atoms with van der Waals surface area (Å²) in [6.07, 6.45) is 0. The first-order chi connectivity index (χ1) is 9.43. The normalized spacial score (nSPS) is 10.2. The van der Waals surface area contributed by atoms with E-state index in [2.05, 4.69) is 0 Å². The van der Waals surface area contributed by atoms with E-state index in [-0.39, 0.29) is 11.1 Å². The lowest BCUT2D eigenvalue weighted by atomic mass is 9.93. The van der Waals surface area contributed by atoms with Gasteiger partial charge in [0.15, 0.2) is 0 Å². The number of amides is 2. The molecule has 2 amide bonds. The SMILES string of the molecule is NC(=O)c1cccc(-c2cccc(N)c2N)c1C(N)=O. The van der Waals surface area contributed by atoms with E-state index in [1.54, 1.807) is 30.3 Å². The summed E-state index contributed by atoms with van der Waals surface area (Å²) >= 11 is 0. The zero-order valence-corrected chi connectivity index (χ0v) is 10.6. The van der Waals surface area contributed by atoms with Crippen molar-refractivity contribution >= 4 is 23.2 Å². The maximum atomic E-state index is 11.7. The monoisotopic (exact) mass is 270 g/mol. The van der Waals surface area contributed by atoms with Crippen molar-refractivity contribution in [2.75, 3.05) is 11.5 Å². The summed E-state index contributed by atoms with van der Waals surface area (Å²) in [5.74, 6) is -1.49. The number of hydrogen-bond donors (Lipinski definition) is 4. The van der Waals surface area contributed by atoms with E-state index in [0.717, 1.165) is 0 Å². The number of nitrogen functional groups attached to an aromatic ring is 2. The lowest BCUT2D eigenvalue weighted by Crippen LogP contribution is -2.21. The van der Waals surface area contributed by atoms with Crippen LogP contribution in [0.4, 0.5) is 11.4 Å². The third-order valence-corrected chi connectivity index (χ3v) is 3.01. The van der Waals surface area contributed by atoms with Crippen molar-refractivity contribution in [3.8, 4) is 11.1 Å². The minimum absolute atomic E-state index is 0.0392. The summed E-state index contributed by atoms with van der Waals surface area (Å²) in [6.45, 7) is 0. The largest absolute Gasteiger partial charge is 0.397 e. The van der Waals surface area contributed by atoms with E-state index in [1.165, 1.54) is 6.07 Å². The molecule has 6 nitrogen and oxygen atoms in total. The van der Waals surface area contributed by atoms with Crippen molar-refractivity contribution in [1.29, 1.82) is 0 Å². The van der Waals surface area contributed by atoms with E-state index in [1.807, 2.05) is 0 Å². The van der Waals surface area contributed by atoms with Crippen LogP contribution in [0.3, 0.4) is 0 Å². The molecule has 2 aromatic carbocycles. The van der Waals surface area contributed by atoms with Crippen molar-refractivity contribution < 1.29 is 9.59 Å². The number of carbonyl (C=O) groups is 2. The number of benzene rings is 2. The standard InChI is InChI=1S/C14H14N4O2/c15-10-6-2-4-8(12(10)16)7-3-1-5-9(13(17)19)11(7)14(18)20/h1-6H,15-16H2,(H2,17,19)(H2,18,20). The van der Waals surface area contributed by atoms with Crippen LogP contribution in [0.2, 0.25) is 0 Å². The molecule has 0 radical (unpaired) electrons. The highest BCUT2D eigenvalue weighted by Crippen LogP contribution is 2.33. The summed E-state index contributed by atoms with van der Waals surface area (Å²) in [4.78, 5) is 23.1. The van der Waals surface area contributed by atoms with Gasteiger partial charge < -0.3 is 22.9 Å². The summed E-state index contributed by atoms with van der Waals surface area (Å²) in [6, 6.07) is 9.71. The Balaban J connectivity index is 2.81. The Hall–Kier alpha value is -3.02. The molecular formula is C14H14N4O2. The second-order valence-corrected chi connectivity index (χ2v) is 4.27. The number of nitrogens with two attached hydrogens (primary N) is 4. The van der Waals surface area contributed by atoms with Crippen LogP contribution < -0.4 is 22.9 Å². The van der Waals surface area contributed by atoms with E-state index in [4.69, 9.17) is 22.9 Å². The summed E-state index contributed by atoms with van der Waals surface area (Å²) in [5, 5.41) is 0. The number of anilines is 2. The van der Waals surface area contributed by atoms with Crippen molar-refractivity contribution in [1.82, 2.24) is 0 Å². The molecule has 102 valence electrons. The van der Waals surface area contributed by atoms with Gasteiger partial charge in [0.2, 0.25) is 11.8 Å². The van der Waals surface area contributed by atoms with Crippen LogP contribution in [0.15, 0.2) is 36.4 Å². The Morgan fingerprint density at radius 1 is 0.800 bits per heavy atom. The zero-order valence-electron chi connectivity index (χ0n) is 10.6. The van der Waals surface area contributed by atoms with Crippen LogP contribution in [0.1, 0.15) is 20.7 Å². The molecule has 0 heterocycles. The molecule has 0 saturated carbocycles. The molecule has 0 aliphatic heterocycles. The molecule has 8 N–H and O–H groups in total. The molecule has 0 unspecified atom stereocenters. The average molecular weight is 270 g/mol. The van der Waals surface area contributed by atoms with Gasteiger partial charge in [-0.25, -0.2) is 0 Å². The molecule has 0 aromatic heterocycles. The highest BCUT2D eigenvalue weighted by molar-refractivity contribution is 6.11. The number of para-hydroxylation sites is 1. The van der Waals surface area contributed by atoms with E-state index >= 15 is 0 Å². The first-order valence-electron chi connectivity index (χ1n) is 5.80. The fraction of sp³-hybridized carbons (Fsp3) is 0. The van der Waals surface area contributed by atoms with Gasteiger partial charge >= 0.3 is 0 Å². The summed E-state index contributed by atoms with van der Waals surface area (Å²) in [7, 11) is 0. The molecule has 20 heavy (non-hydrogen) atoms. The molecule has 0 spiro atoms. The quantitative estimate of drug-likeness (QED) is 0.610. The van der Waals surface area contributed by atoms with Crippen molar-refractivity contribution in [2.45, 2.75) is 0 Å². The van der Waals surface area contributed by atoms with E-state index < -0.39 is 11.8 Å². The van der Waals surface area contributed by atoms with Gasteiger partial charge in [0.1, 0.15) is 0 Å². The zero-order chi connectivity index (χ0) is 14.9. The van der Waals surface area contributed by atoms with Gasteiger partial charge in [0.25, 0.3) is 0 Å². The number of primary amides is 2. The van der Waals surface area contributed by atoms with E-state index in [0.29, 0.717) is 22.5 Å². The van der Waals surface area contributed by atoms with E-state index in [9.17, 15) is 9.59 Å². The van der Waals surface area contributed by atoms with Gasteiger partial charge in [0.05, 0.1) is 22.5 Å². The van der Waals surface area contributed by atoms with Gasteiger partial charge in [-0.1, -0.05) is 24.3 Å². The molecule has 0 fully saturated rings. The third kappa shape index (κ3) is 2.14. The maximum Gasteiger partial charge on any atom is 0.250 e. The topological polar surface area (TPSA) is 138 Å². The minimum atomic E-state index is -0.753. The van der Waals surface area contributed by atoms with Crippen LogP contribution in [-0.2, 0) is 0 Å². The lowest BCUT2D eigenvalue weighted by molar-refractivity contribution is 0.0968. The molecule has 2 aromatic rings. The third-order valence-electron chi connectivity index (χ3n) is 3.01. The van der Waals surface area contributed by atoms with Crippen LogP contribution >= 0.6 is 0 Å². The number of carbonyl (C=O) groups excluding carboxylic acids is 2.